The molecule has 1 atom stereocenters. The Bertz CT molecular complexity index is 1060. The third-order valence-electron chi connectivity index (χ3n) is 4.73. The number of hydrogen-bond donors (Lipinski definition) is 0. The average Bonchev–Trinajstić information content (AvgIpc) is 3.34. The van der Waals surface area contributed by atoms with Crippen LogP contribution in [0.15, 0.2) is 34.1 Å². The molecule has 1 saturated heterocycles. The van der Waals surface area contributed by atoms with Crippen molar-refractivity contribution in [3.63, 3.8) is 0 Å². The minimum Gasteiger partial charge on any atom is -0.371 e. The molecule has 9 nitrogen and oxygen atoms in total. The lowest BCUT2D eigenvalue weighted by Crippen LogP contribution is -2.42. The van der Waals surface area contributed by atoms with E-state index in [0.29, 0.717) is 36.4 Å². The van der Waals surface area contributed by atoms with Crippen LogP contribution in [0, 0.1) is 0 Å². The van der Waals surface area contributed by atoms with Gasteiger partial charge in [-0.2, -0.15) is 9.40 Å². The van der Waals surface area contributed by atoms with Crippen LogP contribution in [0.3, 0.4) is 0 Å². The predicted molar refractivity (Wildman–Crippen MR) is 96.5 cm³/mol. The molecule has 0 saturated carbocycles. The van der Waals surface area contributed by atoms with Gasteiger partial charge < -0.3 is 9.26 Å². The Morgan fingerprint density at radius 1 is 1.30 bits per heavy atom. The fourth-order valence-electron chi connectivity index (χ4n) is 3.17. The van der Waals surface area contributed by atoms with Crippen molar-refractivity contribution in [1.82, 2.24) is 24.2 Å². The third kappa shape index (κ3) is 3.24. The van der Waals surface area contributed by atoms with Crippen molar-refractivity contribution in [2.75, 3.05) is 19.7 Å². The molecule has 0 amide bonds. The van der Waals surface area contributed by atoms with E-state index in [-0.39, 0.29) is 17.5 Å². The van der Waals surface area contributed by atoms with Crippen LogP contribution in [0.5, 0.6) is 0 Å². The number of aryl methyl sites for hydroxylation is 2. The number of sulfonamides is 1. The first-order chi connectivity index (χ1) is 13.0. The van der Waals surface area contributed by atoms with Gasteiger partial charge in [-0.3, -0.25) is 4.68 Å². The van der Waals surface area contributed by atoms with Gasteiger partial charge in [-0.1, -0.05) is 12.1 Å². The van der Waals surface area contributed by atoms with E-state index in [1.165, 1.54) is 10.5 Å². The van der Waals surface area contributed by atoms with Crippen molar-refractivity contribution in [2.45, 2.75) is 37.8 Å². The molecule has 3 aromatic rings. The summed E-state index contributed by atoms with van der Waals surface area (Å²) in [6, 6.07) is 1.59. The van der Waals surface area contributed by atoms with E-state index in [1.54, 1.807) is 16.9 Å². The van der Waals surface area contributed by atoms with Gasteiger partial charge in [-0.25, -0.2) is 13.4 Å². The molecule has 4 heterocycles. The van der Waals surface area contributed by atoms with Crippen LogP contribution in [-0.2, 0) is 27.7 Å². The molecule has 3 aromatic heterocycles. The standard InChI is InChI=1S/C17H21N5O4S/c1-3-15-14-7-13(9-18-17(14)26-20-15)27(23,24)22-5-6-25-16(11-22)12-8-19-21(4-2)10-12/h7-10,16H,3-6,11H2,1-2H3. The second-order valence-electron chi connectivity index (χ2n) is 6.36. The summed E-state index contributed by atoms with van der Waals surface area (Å²) < 4.78 is 40.4. The molecular formula is C17H21N5O4S. The van der Waals surface area contributed by atoms with Gasteiger partial charge in [0.15, 0.2) is 0 Å². The highest BCUT2D eigenvalue weighted by molar-refractivity contribution is 7.89. The lowest BCUT2D eigenvalue weighted by Gasteiger charge is -2.31. The number of nitrogens with zero attached hydrogens (tertiary/aromatic N) is 5. The highest BCUT2D eigenvalue weighted by Crippen LogP contribution is 2.28. The molecule has 144 valence electrons. The number of pyridine rings is 1. The van der Waals surface area contributed by atoms with Crippen molar-refractivity contribution < 1.29 is 17.7 Å². The Morgan fingerprint density at radius 3 is 2.89 bits per heavy atom. The minimum absolute atomic E-state index is 0.137. The van der Waals surface area contributed by atoms with Crippen LogP contribution in [0.4, 0.5) is 0 Å². The first kappa shape index (κ1) is 18.1. The van der Waals surface area contributed by atoms with Crippen molar-refractivity contribution >= 4 is 21.1 Å². The van der Waals surface area contributed by atoms with Gasteiger partial charge in [-0.05, 0) is 19.4 Å². The zero-order valence-electron chi connectivity index (χ0n) is 15.2. The Labute approximate surface area is 157 Å². The van der Waals surface area contributed by atoms with Crippen molar-refractivity contribution in [1.29, 1.82) is 0 Å². The second kappa shape index (κ2) is 7.02. The van der Waals surface area contributed by atoms with Crippen LogP contribution >= 0.6 is 0 Å². The van der Waals surface area contributed by atoms with E-state index in [0.717, 1.165) is 12.1 Å². The lowest BCUT2D eigenvalue weighted by molar-refractivity contribution is -0.00260. The molecule has 0 aliphatic carbocycles. The normalized spacial score (nSPS) is 19.0. The highest BCUT2D eigenvalue weighted by Gasteiger charge is 2.32. The number of aromatic nitrogens is 4. The molecule has 1 unspecified atom stereocenters. The van der Waals surface area contributed by atoms with Crippen LogP contribution < -0.4 is 0 Å². The molecule has 0 aromatic carbocycles. The zero-order valence-corrected chi connectivity index (χ0v) is 16.0. The maximum atomic E-state index is 13.1. The predicted octanol–water partition coefficient (Wildman–Crippen LogP) is 1.76. The molecule has 1 fully saturated rings. The molecule has 27 heavy (non-hydrogen) atoms. The van der Waals surface area contributed by atoms with Gasteiger partial charge in [0, 0.05) is 31.4 Å². The quantitative estimate of drug-likeness (QED) is 0.653. The Balaban J connectivity index is 1.62. The molecule has 0 radical (unpaired) electrons. The summed E-state index contributed by atoms with van der Waals surface area (Å²) in [6.07, 6.45) is 5.23. The Morgan fingerprint density at radius 2 is 2.15 bits per heavy atom. The van der Waals surface area contributed by atoms with E-state index in [4.69, 9.17) is 9.26 Å². The summed E-state index contributed by atoms with van der Waals surface area (Å²) >= 11 is 0. The van der Waals surface area contributed by atoms with E-state index in [1.807, 2.05) is 20.0 Å². The van der Waals surface area contributed by atoms with Gasteiger partial charge in [0.1, 0.15) is 4.90 Å². The van der Waals surface area contributed by atoms with Crippen LogP contribution in [0.1, 0.15) is 31.2 Å². The fraction of sp³-hybridized carbons (Fsp3) is 0.471. The number of fused-ring (bicyclic) bond motifs is 1. The van der Waals surface area contributed by atoms with E-state index < -0.39 is 10.0 Å². The number of ether oxygens (including phenoxy) is 1. The maximum absolute atomic E-state index is 13.1. The van der Waals surface area contributed by atoms with E-state index in [2.05, 4.69) is 15.2 Å². The third-order valence-corrected chi connectivity index (χ3v) is 6.56. The van der Waals surface area contributed by atoms with Crippen LogP contribution in [0.25, 0.3) is 11.1 Å². The Kier molecular flexibility index (Phi) is 4.70. The summed E-state index contributed by atoms with van der Waals surface area (Å²) in [7, 11) is -3.70. The zero-order chi connectivity index (χ0) is 19.0. The summed E-state index contributed by atoms with van der Waals surface area (Å²) in [6.45, 7) is 5.53. The van der Waals surface area contributed by atoms with Crippen molar-refractivity contribution in [3.05, 3.63) is 35.9 Å². The van der Waals surface area contributed by atoms with E-state index >= 15 is 0 Å². The van der Waals surface area contributed by atoms with Gasteiger partial charge >= 0.3 is 0 Å². The lowest BCUT2D eigenvalue weighted by atomic mass is 10.2. The molecule has 1 aliphatic rings. The molecule has 10 heteroatoms. The molecular weight excluding hydrogens is 370 g/mol. The second-order valence-corrected chi connectivity index (χ2v) is 8.30. The summed E-state index contributed by atoms with van der Waals surface area (Å²) in [5.74, 6) is 0. The van der Waals surface area contributed by atoms with E-state index in [9.17, 15) is 8.42 Å². The summed E-state index contributed by atoms with van der Waals surface area (Å²) in [4.78, 5) is 4.26. The molecule has 0 N–H and O–H groups in total. The molecule has 0 spiro atoms. The average molecular weight is 391 g/mol. The first-order valence-electron chi connectivity index (χ1n) is 8.91. The summed E-state index contributed by atoms with van der Waals surface area (Å²) in [5.41, 5.74) is 1.91. The van der Waals surface area contributed by atoms with Gasteiger partial charge in [0.2, 0.25) is 10.0 Å². The van der Waals surface area contributed by atoms with Crippen LogP contribution in [-0.4, -0.2) is 52.3 Å². The molecule has 4 rings (SSSR count). The minimum atomic E-state index is -3.70. The van der Waals surface area contributed by atoms with Gasteiger partial charge in [0.25, 0.3) is 5.71 Å². The smallest absolute Gasteiger partial charge is 0.258 e. The van der Waals surface area contributed by atoms with Gasteiger partial charge in [0.05, 0.1) is 36.2 Å². The first-order valence-corrected chi connectivity index (χ1v) is 10.3. The van der Waals surface area contributed by atoms with Crippen molar-refractivity contribution in [3.8, 4) is 0 Å². The van der Waals surface area contributed by atoms with Crippen LogP contribution in [0.2, 0.25) is 0 Å². The molecule has 1 aliphatic heterocycles. The fourth-order valence-corrected chi connectivity index (χ4v) is 4.57. The maximum Gasteiger partial charge on any atom is 0.258 e. The SMILES string of the molecule is CCc1noc2ncc(S(=O)(=O)N3CCOC(c4cnn(CC)c4)C3)cc12. The number of morpholine rings is 1. The number of hydrogen-bond acceptors (Lipinski definition) is 7. The Hall–Kier alpha value is -2.30. The highest BCUT2D eigenvalue weighted by atomic mass is 32.2. The topological polar surface area (TPSA) is 103 Å². The largest absolute Gasteiger partial charge is 0.371 e. The molecule has 0 bridgehead atoms. The number of rotatable bonds is 5. The summed E-state index contributed by atoms with van der Waals surface area (Å²) in [5, 5.41) is 8.81. The monoisotopic (exact) mass is 391 g/mol. The van der Waals surface area contributed by atoms with Crippen molar-refractivity contribution in [2.24, 2.45) is 0 Å². The van der Waals surface area contributed by atoms with Gasteiger partial charge in [-0.15, -0.1) is 0 Å².